The van der Waals surface area contributed by atoms with Gasteiger partial charge < -0.3 is 5.10 Å². The Kier molecular flexibility index (Phi) is 3.00. The van der Waals surface area contributed by atoms with Crippen LogP contribution in [-0.4, -0.2) is 10.2 Å². The highest BCUT2D eigenvalue weighted by atomic mass is 79.9. The second-order valence-electron chi connectivity index (χ2n) is 3.23. The van der Waals surface area contributed by atoms with E-state index in [0.29, 0.717) is 17.1 Å². The van der Waals surface area contributed by atoms with Gasteiger partial charge in [-0.05, 0) is 31.2 Å². The fourth-order valence-electron chi connectivity index (χ4n) is 1.18. The van der Waals surface area contributed by atoms with Crippen LogP contribution >= 0.6 is 15.9 Å². The molecule has 0 aliphatic heterocycles. The second-order valence-corrected chi connectivity index (χ2v) is 4.14. The molecule has 2 N–H and O–H groups in total. The van der Waals surface area contributed by atoms with Gasteiger partial charge in [-0.15, -0.1) is 5.11 Å². The molecule has 6 heteroatoms. The van der Waals surface area contributed by atoms with Gasteiger partial charge in [-0.3, -0.25) is 9.89 Å². The maximum atomic E-state index is 11.3. The summed E-state index contributed by atoms with van der Waals surface area (Å²) in [6.07, 6.45) is 0. The molecule has 0 unspecified atom stereocenters. The molecule has 1 aromatic carbocycles. The van der Waals surface area contributed by atoms with E-state index in [9.17, 15) is 4.79 Å². The van der Waals surface area contributed by atoms with Crippen LogP contribution in [0.25, 0.3) is 0 Å². The fourth-order valence-corrected chi connectivity index (χ4v) is 1.44. The van der Waals surface area contributed by atoms with E-state index in [2.05, 4.69) is 36.4 Å². The second kappa shape index (κ2) is 4.44. The lowest BCUT2D eigenvalue weighted by molar-refractivity contribution is 1.02. The first-order chi connectivity index (χ1) is 7.66. The van der Waals surface area contributed by atoms with Gasteiger partial charge in [-0.25, -0.2) is 0 Å². The van der Waals surface area contributed by atoms with E-state index in [0.717, 1.165) is 4.47 Å². The topological polar surface area (TPSA) is 73.4 Å². The summed E-state index contributed by atoms with van der Waals surface area (Å²) in [5, 5.41) is 13.0. The van der Waals surface area contributed by atoms with E-state index < -0.39 is 0 Å². The highest BCUT2D eigenvalue weighted by molar-refractivity contribution is 9.10. The van der Waals surface area contributed by atoms with Crippen molar-refractivity contribution in [1.82, 2.24) is 10.2 Å². The zero-order valence-corrected chi connectivity index (χ0v) is 10.1. The lowest BCUT2D eigenvalue weighted by Gasteiger charge is -1.91. The molecule has 0 atom stereocenters. The third-order valence-electron chi connectivity index (χ3n) is 2.03. The minimum Gasteiger partial charge on any atom is -0.300 e. The Hall–Kier alpha value is -1.69. The van der Waals surface area contributed by atoms with E-state index in [4.69, 9.17) is 0 Å². The molecule has 0 aliphatic carbocycles. The Labute approximate surface area is 99.7 Å². The summed E-state index contributed by atoms with van der Waals surface area (Å²) in [4.78, 5) is 11.3. The molecule has 82 valence electrons. The molecule has 1 heterocycles. The van der Waals surface area contributed by atoms with Gasteiger partial charge in [0.05, 0.1) is 11.4 Å². The molecule has 0 saturated heterocycles. The number of H-pyrrole nitrogens is 2. The van der Waals surface area contributed by atoms with Crippen molar-refractivity contribution in [1.29, 1.82) is 0 Å². The van der Waals surface area contributed by atoms with E-state index in [1.54, 1.807) is 6.92 Å². The van der Waals surface area contributed by atoms with Gasteiger partial charge in [0, 0.05) is 4.47 Å². The van der Waals surface area contributed by atoms with Crippen LogP contribution in [0, 0.1) is 6.92 Å². The van der Waals surface area contributed by atoms with Crippen LogP contribution in [0.2, 0.25) is 0 Å². The molecule has 0 amide bonds. The lowest BCUT2D eigenvalue weighted by atomic mass is 10.3. The predicted octanol–water partition coefficient (Wildman–Crippen LogP) is 3.19. The zero-order valence-electron chi connectivity index (χ0n) is 8.49. The first kappa shape index (κ1) is 10.8. The largest absolute Gasteiger partial charge is 0.300 e. The van der Waals surface area contributed by atoms with E-state index in [1.807, 2.05) is 24.3 Å². The van der Waals surface area contributed by atoms with Crippen molar-refractivity contribution in [2.75, 3.05) is 0 Å². The van der Waals surface area contributed by atoms with Crippen LogP contribution in [0.4, 0.5) is 11.4 Å². The van der Waals surface area contributed by atoms with Gasteiger partial charge in [0.15, 0.2) is 5.69 Å². The van der Waals surface area contributed by atoms with Crippen molar-refractivity contribution in [3.8, 4) is 0 Å². The molecule has 5 nitrogen and oxygen atoms in total. The van der Waals surface area contributed by atoms with Crippen LogP contribution in [0.1, 0.15) is 5.69 Å². The summed E-state index contributed by atoms with van der Waals surface area (Å²) >= 11 is 3.33. The van der Waals surface area contributed by atoms with Gasteiger partial charge in [-0.1, -0.05) is 15.9 Å². The summed E-state index contributed by atoms with van der Waals surface area (Å²) in [6, 6.07) is 7.35. The third-order valence-corrected chi connectivity index (χ3v) is 2.55. The first-order valence-electron chi connectivity index (χ1n) is 4.61. The van der Waals surface area contributed by atoms with Crippen molar-refractivity contribution in [2.24, 2.45) is 10.2 Å². The molecule has 0 aliphatic rings. The van der Waals surface area contributed by atoms with Crippen LogP contribution in [-0.2, 0) is 0 Å². The minimum atomic E-state index is -0.265. The quantitative estimate of drug-likeness (QED) is 0.815. The van der Waals surface area contributed by atoms with Gasteiger partial charge in [0.2, 0.25) is 0 Å². The van der Waals surface area contributed by atoms with Crippen LogP contribution in [0.3, 0.4) is 0 Å². The molecule has 16 heavy (non-hydrogen) atoms. The average Bonchev–Trinajstić information content (AvgIpc) is 2.59. The zero-order chi connectivity index (χ0) is 11.5. The van der Waals surface area contributed by atoms with Crippen molar-refractivity contribution < 1.29 is 0 Å². The molecule has 0 spiro atoms. The van der Waals surface area contributed by atoms with Crippen molar-refractivity contribution in [3.05, 3.63) is 44.8 Å². The van der Waals surface area contributed by atoms with E-state index in [-0.39, 0.29) is 5.56 Å². The van der Waals surface area contributed by atoms with Gasteiger partial charge in [0.1, 0.15) is 0 Å². The Morgan fingerprint density at radius 1 is 1.12 bits per heavy atom. The Morgan fingerprint density at radius 2 is 1.81 bits per heavy atom. The predicted molar refractivity (Wildman–Crippen MR) is 64.5 cm³/mol. The van der Waals surface area contributed by atoms with Gasteiger partial charge in [-0.2, -0.15) is 5.11 Å². The third kappa shape index (κ3) is 2.27. The molecule has 2 aromatic rings. The van der Waals surface area contributed by atoms with E-state index in [1.165, 1.54) is 0 Å². The summed E-state index contributed by atoms with van der Waals surface area (Å²) in [5.74, 6) is 0. The van der Waals surface area contributed by atoms with Crippen molar-refractivity contribution in [2.45, 2.75) is 6.92 Å². The Bertz CT molecular complexity index is 567. The number of azo groups is 1. The van der Waals surface area contributed by atoms with Crippen molar-refractivity contribution in [3.63, 3.8) is 0 Å². The standard InChI is InChI=1S/C10H9BrN4O/c1-6-9(10(16)15-12-6)14-13-8-4-2-7(11)3-5-8/h2-5H,1H3,(H2,12,15,16). The van der Waals surface area contributed by atoms with Crippen LogP contribution in [0.5, 0.6) is 0 Å². The highest BCUT2D eigenvalue weighted by Crippen LogP contribution is 2.19. The Balaban J connectivity index is 2.28. The number of nitrogens with zero attached hydrogens (tertiary/aromatic N) is 2. The lowest BCUT2D eigenvalue weighted by Crippen LogP contribution is -1.96. The molecule has 0 saturated carbocycles. The van der Waals surface area contributed by atoms with Gasteiger partial charge >= 0.3 is 0 Å². The summed E-state index contributed by atoms with van der Waals surface area (Å²) < 4.78 is 0.974. The fraction of sp³-hybridized carbons (Fsp3) is 0.100. The first-order valence-corrected chi connectivity index (χ1v) is 5.40. The van der Waals surface area contributed by atoms with Gasteiger partial charge in [0.25, 0.3) is 5.56 Å². The Morgan fingerprint density at radius 3 is 2.38 bits per heavy atom. The number of rotatable bonds is 2. The summed E-state index contributed by atoms with van der Waals surface area (Å²) in [7, 11) is 0. The number of benzene rings is 1. The minimum absolute atomic E-state index is 0.265. The average molecular weight is 281 g/mol. The maximum absolute atomic E-state index is 11.3. The monoisotopic (exact) mass is 280 g/mol. The maximum Gasteiger partial charge on any atom is 0.291 e. The number of aromatic nitrogens is 2. The molecule has 0 radical (unpaired) electrons. The number of hydrogen-bond donors (Lipinski definition) is 2. The number of nitrogens with one attached hydrogen (secondary N) is 2. The smallest absolute Gasteiger partial charge is 0.291 e. The SMILES string of the molecule is Cc1[nH][nH]c(=O)c1N=Nc1ccc(Br)cc1. The van der Waals surface area contributed by atoms with Crippen LogP contribution < -0.4 is 5.56 Å². The number of halogens is 1. The number of aryl methyl sites for hydroxylation is 1. The number of aromatic amines is 2. The molecule has 0 fully saturated rings. The molecule has 2 rings (SSSR count). The summed E-state index contributed by atoms with van der Waals surface area (Å²) in [6.45, 7) is 1.76. The molecule has 0 bridgehead atoms. The molecule has 1 aromatic heterocycles. The number of hydrogen-bond acceptors (Lipinski definition) is 3. The van der Waals surface area contributed by atoms with Crippen molar-refractivity contribution >= 4 is 27.3 Å². The molecular weight excluding hydrogens is 272 g/mol. The molecular formula is C10H9BrN4O. The normalized spacial score (nSPS) is 11.1. The summed E-state index contributed by atoms with van der Waals surface area (Å²) in [5.41, 5.74) is 1.41. The van der Waals surface area contributed by atoms with E-state index >= 15 is 0 Å². The van der Waals surface area contributed by atoms with Crippen LogP contribution in [0.15, 0.2) is 43.8 Å². The highest BCUT2D eigenvalue weighted by Gasteiger charge is 2.03.